The number of para-hydroxylation sites is 1. The summed E-state index contributed by atoms with van der Waals surface area (Å²) in [6.07, 6.45) is 0. The summed E-state index contributed by atoms with van der Waals surface area (Å²) in [5.74, 6) is 0.675. The monoisotopic (exact) mass is 283 g/mol. The zero-order valence-electron chi connectivity index (χ0n) is 12.1. The van der Waals surface area contributed by atoms with Gasteiger partial charge in [0.2, 0.25) is 0 Å². The number of nitrogens with one attached hydrogen (secondary N) is 1. The standard InChI is InChI=1S/C18H18FNO/c1-12(15-8-4-5-9-16(15)19)20-13(2)18-11-14-7-3-6-10-17(14)21-18/h3-13,20H,1-2H3. The van der Waals surface area contributed by atoms with Crippen LogP contribution in [-0.2, 0) is 0 Å². The van der Waals surface area contributed by atoms with Crippen molar-refractivity contribution in [3.05, 3.63) is 71.7 Å². The highest BCUT2D eigenvalue weighted by molar-refractivity contribution is 5.77. The molecule has 2 nitrogen and oxygen atoms in total. The Labute approximate surface area is 123 Å². The first-order valence-corrected chi connectivity index (χ1v) is 7.14. The molecule has 2 aromatic carbocycles. The summed E-state index contributed by atoms with van der Waals surface area (Å²) in [6.45, 7) is 3.98. The Bertz CT molecular complexity index is 717. The first-order chi connectivity index (χ1) is 10.1. The van der Waals surface area contributed by atoms with Crippen LogP contribution in [0.2, 0.25) is 0 Å². The van der Waals surface area contributed by atoms with Crippen molar-refractivity contribution in [1.29, 1.82) is 0 Å². The van der Waals surface area contributed by atoms with Gasteiger partial charge in [-0.05, 0) is 32.0 Å². The molecule has 0 aliphatic rings. The molecule has 0 saturated carbocycles. The van der Waals surface area contributed by atoms with Gasteiger partial charge in [-0.1, -0.05) is 36.4 Å². The average molecular weight is 283 g/mol. The fourth-order valence-corrected chi connectivity index (χ4v) is 2.59. The molecule has 3 aromatic rings. The van der Waals surface area contributed by atoms with E-state index in [-0.39, 0.29) is 17.9 Å². The highest BCUT2D eigenvalue weighted by Gasteiger charge is 2.16. The number of halogens is 1. The van der Waals surface area contributed by atoms with Crippen LogP contribution in [0.15, 0.2) is 59.0 Å². The molecule has 0 bridgehead atoms. The molecule has 0 spiro atoms. The van der Waals surface area contributed by atoms with Gasteiger partial charge in [0.25, 0.3) is 0 Å². The minimum Gasteiger partial charge on any atom is -0.459 e. The maximum Gasteiger partial charge on any atom is 0.134 e. The minimum absolute atomic E-state index is 0.00649. The molecule has 0 radical (unpaired) electrons. The molecule has 0 aliphatic heterocycles. The van der Waals surface area contributed by atoms with Crippen LogP contribution >= 0.6 is 0 Å². The third-order valence-electron chi connectivity index (χ3n) is 3.74. The van der Waals surface area contributed by atoms with Gasteiger partial charge >= 0.3 is 0 Å². The molecule has 2 unspecified atom stereocenters. The number of hydrogen-bond donors (Lipinski definition) is 1. The fourth-order valence-electron chi connectivity index (χ4n) is 2.59. The lowest BCUT2D eigenvalue weighted by Crippen LogP contribution is -2.22. The van der Waals surface area contributed by atoms with E-state index in [2.05, 4.69) is 5.32 Å². The van der Waals surface area contributed by atoms with Gasteiger partial charge < -0.3 is 9.73 Å². The summed E-state index contributed by atoms with van der Waals surface area (Å²) in [4.78, 5) is 0. The molecule has 108 valence electrons. The average Bonchev–Trinajstić information content (AvgIpc) is 2.91. The van der Waals surface area contributed by atoms with Crippen LogP contribution in [0.5, 0.6) is 0 Å². The van der Waals surface area contributed by atoms with Crippen LogP contribution in [0.4, 0.5) is 4.39 Å². The lowest BCUT2D eigenvalue weighted by molar-refractivity contribution is 0.410. The van der Waals surface area contributed by atoms with Crippen molar-refractivity contribution in [2.75, 3.05) is 0 Å². The lowest BCUT2D eigenvalue weighted by Gasteiger charge is -2.19. The second kappa shape index (κ2) is 5.70. The molecule has 3 heteroatoms. The smallest absolute Gasteiger partial charge is 0.134 e. The van der Waals surface area contributed by atoms with E-state index in [1.165, 1.54) is 6.07 Å². The quantitative estimate of drug-likeness (QED) is 0.730. The van der Waals surface area contributed by atoms with E-state index < -0.39 is 0 Å². The van der Waals surface area contributed by atoms with E-state index in [1.54, 1.807) is 12.1 Å². The first-order valence-electron chi connectivity index (χ1n) is 7.14. The van der Waals surface area contributed by atoms with E-state index in [9.17, 15) is 4.39 Å². The Morgan fingerprint density at radius 2 is 1.67 bits per heavy atom. The van der Waals surface area contributed by atoms with Gasteiger partial charge in [-0.15, -0.1) is 0 Å². The molecule has 1 aromatic heterocycles. The van der Waals surface area contributed by atoms with Crippen LogP contribution in [0, 0.1) is 5.82 Å². The molecule has 3 rings (SSSR count). The van der Waals surface area contributed by atoms with Gasteiger partial charge in [0.15, 0.2) is 0 Å². The molecular formula is C18H18FNO. The van der Waals surface area contributed by atoms with Gasteiger partial charge in [0, 0.05) is 17.0 Å². The summed E-state index contributed by atoms with van der Waals surface area (Å²) >= 11 is 0. The SMILES string of the molecule is CC(NC(C)c1ccccc1F)c1cc2ccccc2o1. The van der Waals surface area contributed by atoms with Gasteiger partial charge in [-0.25, -0.2) is 4.39 Å². The molecule has 2 atom stereocenters. The van der Waals surface area contributed by atoms with Gasteiger partial charge in [-0.3, -0.25) is 0 Å². The van der Waals surface area contributed by atoms with Crippen LogP contribution in [0.1, 0.15) is 37.3 Å². The topological polar surface area (TPSA) is 25.2 Å². The Hall–Kier alpha value is -2.13. The van der Waals surface area contributed by atoms with E-state index in [1.807, 2.05) is 50.2 Å². The molecule has 0 aliphatic carbocycles. The fraction of sp³-hybridized carbons (Fsp3) is 0.222. The summed E-state index contributed by atoms with van der Waals surface area (Å²) in [7, 11) is 0. The molecular weight excluding hydrogens is 265 g/mol. The molecule has 1 N–H and O–H groups in total. The predicted molar refractivity (Wildman–Crippen MR) is 82.6 cm³/mol. The largest absolute Gasteiger partial charge is 0.459 e. The summed E-state index contributed by atoms with van der Waals surface area (Å²) < 4.78 is 19.6. The normalized spacial score (nSPS) is 14.2. The van der Waals surface area contributed by atoms with Crippen molar-refractivity contribution in [2.24, 2.45) is 0 Å². The van der Waals surface area contributed by atoms with Crippen molar-refractivity contribution in [3.63, 3.8) is 0 Å². The number of fused-ring (bicyclic) bond motifs is 1. The van der Waals surface area contributed by atoms with Crippen molar-refractivity contribution >= 4 is 11.0 Å². The second-order valence-corrected chi connectivity index (χ2v) is 5.32. The van der Waals surface area contributed by atoms with E-state index in [4.69, 9.17) is 4.42 Å². The number of benzene rings is 2. The lowest BCUT2D eigenvalue weighted by atomic mass is 10.1. The molecule has 0 saturated heterocycles. The van der Waals surface area contributed by atoms with E-state index in [0.29, 0.717) is 5.56 Å². The second-order valence-electron chi connectivity index (χ2n) is 5.32. The van der Waals surface area contributed by atoms with E-state index >= 15 is 0 Å². The Kier molecular flexibility index (Phi) is 3.76. The molecule has 0 amide bonds. The van der Waals surface area contributed by atoms with Crippen molar-refractivity contribution in [2.45, 2.75) is 25.9 Å². The van der Waals surface area contributed by atoms with Gasteiger partial charge in [-0.2, -0.15) is 0 Å². The zero-order valence-corrected chi connectivity index (χ0v) is 12.1. The Morgan fingerprint density at radius 1 is 0.952 bits per heavy atom. The van der Waals surface area contributed by atoms with Crippen molar-refractivity contribution < 1.29 is 8.81 Å². The van der Waals surface area contributed by atoms with E-state index in [0.717, 1.165) is 16.7 Å². The summed E-state index contributed by atoms with van der Waals surface area (Å²) in [6, 6.07) is 16.7. The zero-order chi connectivity index (χ0) is 14.8. The predicted octanol–water partition coefficient (Wildman–Crippen LogP) is 4.98. The Morgan fingerprint density at radius 3 is 2.43 bits per heavy atom. The van der Waals surface area contributed by atoms with Crippen LogP contribution in [-0.4, -0.2) is 0 Å². The molecule has 1 heterocycles. The third-order valence-corrected chi connectivity index (χ3v) is 3.74. The first kappa shape index (κ1) is 13.8. The highest BCUT2D eigenvalue weighted by Crippen LogP contribution is 2.26. The number of rotatable bonds is 4. The highest BCUT2D eigenvalue weighted by atomic mass is 19.1. The summed E-state index contributed by atoms with van der Waals surface area (Å²) in [5.41, 5.74) is 1.54. The molecule has 0 fully saturated rings. The van der Waals surface area contributed by atoms with Gasteiger partial charge in [0.05, 0.1) is 6.04 Å². The maximum absolute atomic E-state index is 13.8. The van der Waals surface area contributed by atoms with Crippen LogP contribution in [0.25, 0.3) is 11.0 Å². The minimum atomic E-state index is -0.186. The van der Waals surface area contributed by atoms with Crippen LogP contribution in [0.3, 0.4) is 0 Å². The summed E-state index contributed by atoms with van der Waals surface area (Å²) in [5, 5.41) is 4.46. The number of hydrogen-bond acceptors (Lipinski definition) is 2. The van der Waals surface area contributed by atoms with Crippen LogP contribution < -0.4 is 5.32 Å². The third kappa shape index (κ3) is 2.83. The van der Waals surface area contributed by atoms with Crippen molar-refractivity contribution in [1.82, 2.24) is 5.32 Å². The molecule has 21 heavy (non-hydrogen) atoms. The Balaban J connectivity index is 1.79. The van der Waals surface area contributed by atoms with Crippen molar-refractivity contribution in [3.8, 4) is 0 Å². The van der Waals surface area contributed by atoms with Gasteiger partial charge in [0.1, 0.15) is 17.2 Å². The number of furan rings is 1. The maximum atomic E-state index is 13.8.